The van der Waals surface area contributed by atoms with Gasteiger partial charge in [0.05, 0.1) is 18.7 Å². The normalized spacial score (nSPS) is 17.0. The third-order valence-electron chi connectivity index (χ3n) is 1.75. The first-order chi connectivity index (χ1) is 5.74. The molecule has 0 aromatic carbocycles. The zero-order valence-electron chi connectivity index (χ0n) is 7.54. The van der Waals surface area contributed by atoms with Gasteiger partial charge in [-0.25, -0.2) is 5.01 Å². The second kappa shape index (κ2) is 4.21. The summed E-state index contributed by atoms with van der Waals surface area (Å²) in [6.07, 6.45) is 1.23. The lowest BCUT2D eigenvalue weighted by molar-refractivity contribution is -0.127. The van der Waals surface area contributed by atoms with Gasteiger partial charge in [-0.3, -0.25) is 4.79 Å². The summed E-state index contributed by atoms with van der Waals surface area (Å²) in [6.45, 7) is 3.33. The Labute approximate surface area is 72.2 Å². The van der Waals surface area contributed by atoms with Crippen LogP contribution in [-0.2, 0) is 9.53 Å². The van der Waals surface area contributed by atoms with Crippen molar-refractivity contribution in [3.63, 3.8) is 0 Å². The predicted octanol–water partition coefficient (Wildman–Crippen LogP) is 0.631. The van der Waals surface area contributed by atoms with Crippen molar-refractivity contribution in [1.29, 1.82) is 0 Å². The van der Waals surface area contributed by atoms with E-state index in [9.17, 15) is 4.79 Å². The molecule has 0 radical (unpaired) electrons. The fourth-order valence-electron chi connectivity index (χ4n) is 1.06. The van der Waals surface area contributed by atoms with Crippen molar-refractivity contribution in [2.24, 2.45) is 5.10 Å². The van der Waals surface area contributed by atoms with Crippen LogP contribution in [-0.4, -0.2) is 36.9 Å². The zero-order chi connectivity index (χ0) is 8.97. The van der Waals surface area contributed by atoms with E-state index in [0.717, 1.165) is 18.7 Å². The number of hydrogen-bond donors (Lipinski definition) is 0. The van der Waals surface area contributed by atoms with Crippen molar-refractivity contribution in [3.05, 3.63) is 0 Å². The highest BCUT2D eigenvalue weighted by Crippen LogP contribution is 2.07. The van der Waals surface area contributed by atoms with Crippen molar-refractivity contribution in [2.45, 2.75) is 19.8 Å². The molecule has 0 atom stereocenters. The summed E-state index contributed by atoms with van der Waals surface area (Å²) < 4.78 is 5.16. The summed E-state index contributed by atoms with van der Waals surface area (Å²) in [7, 11) is 1.68. The third kappa shape index (κ3) is 2.30. The van der Waals surface area contributed by atoms with Gasteiger partial charge in [0.25, 0.3) is 0 Å². The molecule has 0 aromatic rings. The average Bonchev–Trinajstić information content (AvgIpc) is 2.32. The van der Waals surface area contributed by atoms with Crippen molar-refractivity contribution >= 4 is 11.6 Å². The molecule has 0 unspecified atom stereocenters. The van der Waals surface area contributed by atoms with Gasteiger partial charge in [0.2, 0.25) is 5.91 Å². The highest BCUT2D eigenvalue weighted by Gasteiger charge is 2.19. The Morgan fingerprint density at radius 1 is 1.67 bits per heavy atom. The molecular formula is C8H14N2O2. The van der Waals surface area contributed by atoms with Crippen molar-refractivity contribution in [1.82, 2.24) is 5.01 Å². The van der Waals surface area contributed by atoms with Crippen LogP contribution in [0.2, 0.25) is 0 Å². The molecule has 0 fully saturated rings. The quantitative estimate of drug-likeness (QED) is 0.581. The van der Waals surface area contributed by atoms with E-state index in [1.54, 1.807) is 7.05 Å². The Kier molecular flexibility index (Phi) is 3.22. The lowest BCUT2D eigenvalue weighted by Crippen LogP contribution is -2.14. The van der Waals surface area contributed by atoms with Gasteiger partial charge in [0.1, 0.15) is 0 Å². The zero-order valence-corrected chi connectivity index (χ0v) is 7.54. The maximum absolute atomic E-state index is 11.0. The number of carbonyl (C=O) groups is 1. The molecule has 0 aliphatic carbocycles. The molecule has 0 N–H and O–H groups in total. The molecule has 0 saturated carbocycles. The smallest absolute Gasteiger partial charge is 0.248 e. The molecule has 1 aliphatic heterocycles. The molecule has 0 saturated heterocycles. The molecule has 0 aromatic heterocycles. The Balaban J connectivity index is 2.26. The SMILES string of the molecule is CCOCCC1=NN(C)C(=O)C1. The van der Waals surface area contributed by atoms with E-state index >= 15 is 0 Å². The summed E-state index contributed by atoms with van der Waals surface area (Å²) in [5, 5.41) is 5.45. The van der Waals surface area contributed by atoms with E-state index in [0.29, 0.717) is 13.0 Å². The minimum Gasteiger partial charge on any atom is -0.381 e. The Morgan fingerprint density at radius 3 is 2.92 bits per heavy atom. The number of carbonyl (C=O) groups excluding carboxylic acids is 1. The molecule has 1 amide bonds. The van der Waals surface area contributed by atoms with Gasteiger partial charge in [-0.1, -0.05) is 0 Å². The average molecular weight is 170 g/mol. The van der Waals surface area contributed by atoms with E-state index < -0.39 is 0 Å². The van der Waals surface area contributed by atoms with Gasteiger partial charge in [-0.2, -0.15) is 5.10 Å². The minimum atomic E-state index is 0.0708. The van der Waals surface area contributed by atoms with Crippen LogP contribution in [0, 0.1) is 0 Å². The van der Waals surface area contributed by atoms with Gasteiger partial charge in [-0.15, -0.1) is 0 Å². The first-order valence-electron chi connectivity index (χ1n) is 4.14. The van der Waals surface area contributed by atoms with Crippen LogP contribution < -0.4 is 0 Å². The fourth-order valence-corrected chi connectivity index (χ4v) is 1.06. The third-order valence-corrected chi connectivity index (χ3v) is 1.75. The molecule has 1 heterocycles. The summed E-state index contributed by atoms with van der Waals surface area (Å²) in [4.78, 5) is 11.0. The van der Waals surface area contributed by atoms with Gasteiger partial charge >= 0.3 is 0 Å². The number of amides is 1. The molecule has 1 rings (SSSR count). The first kappa shape index (κ1) is 9.19. The van der Waals surface area contributed by atoms with Crippen LogP contribution in [0.15, 0.2) is 5.10 Å². The van der Waals surface area contributed by atoms with Crippen LogP contribution in [0.4, 0.5) is 0 Å². The highest BCUT2D eigenvalue weighted by atomic mass is 16.5. The van der Waals surface area contributed by atoms with Gasteiger partial charge in [0.15, 0.2) is 0 Å². The maximum atomic E-state index is 11.0. The van der Waals surface area contributed by atoms with Crippen molar-refractivity contribution in [2.75, 3.05) is 20.3 Å². The molecule has 4 heteroatoms. The van der Waals surface area contributed by atoms with E-state index in [1.165, 1.54) is 5.01 Å². The second-order valence-corrected chi connectivity index (χ2v) is 2.71. The number of rotatable bonds is 4. The molecular weight excluding hydrogens is 156 g/mol. The largest absolute Gasteiger partial charge is 0.381 e. The number of ether oxygens (including phenoxy) is 1. The van der Waals surface area contributed by atoms with Crippen LogP contribution in [0.3, 0.4) is 0 Å². The van der Waals surface area contributed by atoms with Crippen LogP contribution in [0.1, 0.15) is 19.8 Å². The molecule has 4 nitrogen and oxygen atoms in total. The van der Waals surface area contributed by atoms with Crippen LogP contribution in [0.5, 0.6) is 0 Å². The topological polar surface area (TPSA) is 41.9 Å². The Morgan fingerprint density at radius 2 is 2.42 bits per heavy atom. The molecule has 0 bridgehead atoms. The maximum Gasteiger partial charge on any atom is 0.248 e. The number of hydrogen-bond acceptors (Lipinski definition) is 3. The van der Waals surface area contributed by atoms with Crippen LogP contribution >= 0.6 is 0 Å². The van der Waals surface area contributed by atoms with Gasteiger partial charge in [-0.05, 0) is 6.92 Å². The van der Waals surface area contributed by atoms with Crippen molar-refractivity contribution < 1.29 is 9.53 Å². The van der Waals surface area contributed by atoms with Crippen LogP contribution in [0.25, 0.3) is 0 Å². The molecule has 0 spiro atoms. The Bertz CT molecular complexity index is 201. The standard InChI is InChI=1S/C8H14N2O2/c1-3-12-5-4-7-6-8(11)10(2)9-7/h3-6H2,1-2H3. The summed E-state index contributed by atoms with van der Waals surface area (Å²) in [5.74, 6) is 0.0708. The lowest BCUT2D eigenvalue weighted by Gasteiger charge is -1.99. The molecule has 1 aliphatic rings. The Hall–Kier alpha value is -0.900. The van der Waals surface area contributed by atoms with E-state index in [4.69, 9.17) is 4.74 Å². The minimum absolute atomic E-state index is 0.0708. The molecule has 68 valence electrons. The summed E-state index contributed by atoms with van der Waals surface area (Å²) in [6, 6.07) is 0. The highest BCUT2D eigenvalue weighted by molar-refractivity contribution is 6.04. The number of nitrogens with zero attached hydrogens (tertiary/aromatic N) is 2. The van der Waals surface area contributed by atoms with E-state index in [2.05, 4.69) is 5.10 Å². The monoisotopic (exact) mass is 170 g/mol. The van der Waals surface area contributed by atoms with E-state index in [-0.39, 0.29) is 5.91 Å². The number of hydrazone groups is 1. The first-order valence-corrected chi connectivity index (χ1v) is 4.14. The van der Waals surface area contributed by atoms with Crippen molar-refractivity contribution in [3.8, 4) is 0 Å². The second-order valence-electron chi connectivity index (χ2n) is 2.71. The lowest BCUT2D eigenvalue weighted by atomic mass is 10.2. The summed E-state index contributed by atoms with van der Waals surface area (Å²) in [5.41, 5.74) is 0.927. The van der Waals surface area contributed by atoms with Gasteiger partial charge in [0, 0.05) is 20.1 Å². The predicted molar refractivity (Wildman–Crippen MR) is 45.9 cm³/mol. The van der Waals surface area contributed by atoms with Gasteiger partial charge < -0.3 is 4.74 Å². The van der Waals surface area contributed by atoms with E-state index in [1.807, 2.05) is 6.92 Å². The summed E-state index contributed by atoms with van der Waals surface area (Å²) >= 11 is 0. The fraction of sp³-hybridized carbons (Fsp3) is 0.750. The molecule has 12 heavy (non-hydrogen) atoms.